The Morgan fingerprint density at radius 2 is 1.89 bits per heavy atom. The maximum atomic E-state index is 12.1. The molecule has 1 rings (SSSR count). The van der Waals surface area contributed by atoms with E-state index in [0.29, 0.717) is 17.1 Å². The van der Waals surface area contributed by atoms with Crippen molar-refractivity contribution in [3.05, 3.63) is 27.7 Å². The molecule has 0 saturated carbocycles. The van der Waals surface area contributed by atoms with Crippen molar-refractivity contribution < 1.29 is 8.42 Å². The molecule has 0 spiro atoms. The molecular weight excluding hydrogens is 307 g/mol. The number of nitrogens with one attached hydrogen (secondary N) is 1. The van der Waals surface area contributed by atoms with Crippen LogP contribution < -0.4 is 5.32 Å². The van der Waals surface area contributed by atoms with Gasteiger partial charge in [0.25, 0.3) is 0 Å². The summed E-state index contributed by atoms with van der Waals surface area (Å²) in [5.74, 6) is 0. The Labute approximate surface area is 124 Å². The number of hydrogen-bond donors (Lipinski definition) is 1. The molecule has 0 aliphatic rings. The summed E-state index contributed by atoms with van der Waals surface area (Å²) in [6, 6.07) is 3.06. The molecule has 1 aromatic carbocycles. The summed E-state index contributed by atoms with van der Waals surface area (Å²) < 4.78 is 25.4. The Bertz CT molecular complexity index is 545. The Morgan fingerprint density at radius 1 is 1.26 bits per heavy atom. The van der Waals surface area contributed by atoms with E-state index in [1.807, 2.05) is 0 Å². The summed E-state index contributed by atoms with van der Waals surface area (Å²) in [7, 11) is -0.674. The largest absolute Gasteiger partial charge is 0.313 e. The average Bonchev–Trinajstić information content (AvgIpc) is 2.33. The predicted molar refractivity (Wildman–Crippen MR) is 79.3 cm³/mol. The summed E-state index contributed by atoms with van der Waals surface area (Å²) in [6.07, 6.45) is 0.987. The Balaban J connectivity index is 3.21. The van der Waals surface area contributed by atoms with Gasteiger partial charge in [0.15, 0.2) is 0 Å². The van der Waals surface area contributed by atoms with Gasteiger partial charge >= 0.3 is 0 Å². The quantitative estimate of drug-likeness (QED) is 0.818. The molecule has 0 aliphatic carbocycles. The van der Waals surface area contributed by atoms with E-state index in [4.69, 9.17) is 23.2 Å². The highest BCUT2D eigenvalue weighted by Crippen LogP contribution is 2.30. The van der Waals surface area contributed by atoms with Crippen molar-refractivity contribution in [1.29, 1.82) is 0 Å². The maximum absolute atomic E-state index is 12.1. The van der Waals surface area contributed by atoms with Crippen LogP contribution in [-0.4, -0.2) is 33.4 Å². The van der Waals surface area contributed by atoms with Crippen LogP contribution in [-0.2, 0) is 16.6 Å². The van der Waals surface area contributed by atoms with Crippen LogP contribution in [0, 0.1) is 0 Å². The molecule has 0 amide bonds. The van der Waals surface area contributed by atoms with Gasteiger partial charge in [0.05, 0.1) is 5.02 Å². The van der Waals surface area contributed by atoms with Crippen molar-refractivity contribution in [2.75, 3.05) is 20.6 Å². The second-order valence-corrected chi connectivity index (χ2v) is 7.28. The van der Waals surface area contributed by atoms with E-state index < -0.39 is 10.0 Å². The summed E-state index contributed by atoms with van der Waals surface area (Å²) in [6.45, 7) is 3.37. The first kappa shape index (κ1) is 16.7. The van der Waals surface area contributed by atoms with Gasteiger partial charge in [-0.2, -0.15) is 0 Å². The van der Waals surface area contributed by atoms with Gasteiger partial charge in [-0.3, -0.25) is 0 Å². The average molecular weight is 325 g/mol. The molecule has 1 aromatic rings. The summed E-state index contributed by atoms with van der Waals surface area (Å²) in [5.41, 5.74) is 0.683. The molecule has 108 valence electrons. The molecule has 0 radical (unpaired) electrons. The third-order valence-electron chi connectivity index (χ3n) is 2.58. The lowest BCUT2D eigenvalue weighted by molar-refractivity contribution is 0.520. The molecule has 0 unspecified atom stereocenters. The number of rotatable bonds is 6. The highest BCUT2D eigenvalue weighted by Gasteiger charge is 2.23. The zero-order valence-electron chi connectivity index (χ0n) is 11.2. The van der Waals surface area contributed by atoms with Crippen molar-refractivity contribution in [2.45, 2.75) is 24.8 Å². The molecule has 0 atom stereocenters. The molecule has 0 bridgehead atoms. The van der Waals surface area contributed by atoms with Crippen molar-refractivity contribution in [2.24, 2.45) is 0 Å². The van der Waals surface area contributed by atoms with E-state index in [2.05, 4.69) is 12.2 Å². The second-order valence-electron chi connectivity index (χ2n) is 4.34. The molecule has 0 heterocycles. The molecule has 0 aliphatic heterocycles. The zero-order chi connectivity index (χ0) is 14.6. The van der Waals surface area contributed by atoms with Crippen LogP contribution in [0.2, 0.25) is 10.0 Å². The highest BCUT2D eigenvalue weighted by molar-refractivity contribution is 7.89. The SMILES string of the molecule is CCCNCc1cc(Cl)cc(S(=O)(=O)N(C)C)c1Cl. The second kappa shape index (κ2) is 6.90. The summed E-state index contributed by atoms with van der Waals surface area (Å²) in [4.78, 5) is 0.0416. The molecular formula is C12H18Cl2N2O2S. The van der Waals surface area contributed by atoms with Gasteiger partial charge in [-0.05, 0) is 30.7 Å². The minimum Gasteiger partial charge on any atom is -0.313 e. The van der Waals surface area contributed by atoms with Gasteiger partial charge in [0, 0.05) is 25.7 Å². The highest BCUT2D eigenvalue weighted by atomic mass is 35.5. The summed E-state index contributed by atoms with van der Waals surface area (Å²) >= 11 is 12.2. The van der Waals surface area contributed by atoms with E-state index in [1.54, 1.807) is 6.07 Å². The van der Waals surface area contributed by atoms with Crippen LogP contribution in [0.4, 0.5) is 0 Å². The smallest absolute Gasteiger partial charge is 0.244 e. The van der Waals surface area contributed by atoms with Crippen molar-refractivity contribution in [3.63, 3.8) is 0 Å². The van der Waals surface area contributed by atoms with Crippen molar-refractivity contribution in [3.8, 4) is 0 Å². The number of halogens is 2. The van der Waals surface area contributed by atoms with Crippen molar-refractivity contribution >= 4 is 33.2 Å². The van der Waals surface area contributed by atoms with Crippen LogP contribution in [0.5, 0.6) is 0 Å². The number of benzene rings is 1. The topological polar surface area (TPSA) is 49.4 Å². The molecule has 4 nitrogen and oxygen atoms in total. The van der Waals surface area contributed by atoms with E-state index in [0.717, 1.165) is 17.3 Å². The third kappa shape index (κ3) is 4.07. The lowest BCUT2D eigenvalue weighted by atomic mass is 10.2. The molecule has 7 heteroatoms. The van der Waals surface area contributed by atoms with Crippen LogP contribution in [0.1, 0.15) is 18.9 Å². The van der Waals surface area contributed by atoms with Gasteiger partial charge in [-0.1, -0.05) is 30.1 Å². The van der Waals surface area contributed by atoms with Gasteiger partial charge in [0.2, 0.25) is 10.0 Å². The Morgan fingerprint density at radius 3 is 2.42 bits per heavy atom. The van der Waals surface area contributed by atoms with Gasteiger partial charge in [-0.15, -0.1) is 0 Å². The normalized spacial score (nSPS) is 12.1. The third-order valence-corrected chi connectivity index (χ3v) is 5.20. The van der Waals surface area contributed by atoms with E-state index in [9.17, 15) is 8.42 Å². The van der Waals surface area contributed by atoms with E-state index in [-0.39, 0.29) is 9.92 Å². The fourth-order valence-corrected chi connectivity index (χ4v) is 3.33. The molecule has 0 fully saturated rings. The zero-order valence-corrected chi connectivity index (χ0v) is 13.5. The number of hydrogen-bond acceptors (Lipinski definition) is 3. The molecule has 0 saturated heterocycles. The van der Waals surface area contributed by atoms with E-state index in [1.165, 1.54) is 20.2 Å². The standard InChI is InChI=1S/C12H18Cl2N2O2S/c1-4-5-15-8-9-6-10(13)7-11(12(9)14)19(17,18)16(2)3/h6-7,15H,4-5,8H2,1-3H3. The summed E-state index contributed by atoms with van der Waals surface area (Å²) in [5, 5.41) is 3.76. The lowest BCUT2D eigenvalue weighted by Crippen LogP contribution is -2.23. The first-order valence-electron chi connectivity index (χ1n) is 5.91. The van der Waals surface area contributed by atoms with Gasteiger partial charge < -0.3 is 5.32 Å². The number of nitrogens with zero attached hydrogens (tertiary/aromatic N) is 1. The Kier molecular flexibility index (Phi) is 6.08. The minimum absolute atomic E-state index is 0.0416. The lowest BCUT2D eigenvalue weighted by Gasteiger charge is -2.15. The fraction of sp³-hybridized carbons (Fsp3) is 0.500. The number of sulfonamides is 1. The molecule has 1 N–H and O–H groups in total. The molecule has 19 heavy (non-hydrogen) atoms. The van der Waals surface area contributed by atoms with Crippen LogP contribution in [0.25, 0.3) is 0 Å². The monoisotopic (exact) mass is 324 g/mol. The van der Waals surface area contributed by atoms with Crippen LogP contribution in [0.15, 0.2) is 17.0 Å². The minimum atomic E-state index is -3.59. The molecule has 0 aromatic heterocycles. The predicted octanol–water partition coefficient (Wildman–Crippen LogP) is 2.74. The Hall–Kier alpha value is -0.330. The maximum Gasteiger partial charge on any atom is 0.244 e. The van der Waals surface area contributed by atoms with E-state index >= 15 is 0 Å². The van der Waals surface area contributed by atoms with Crippen LogP contribution in [0.3, 0.4) is 0 Å². The van der Waals surface area contributed by atoms with Crippen LogP contribution >= 0.6 is 23.2 Å². The first-order valence-corrected chi connectivity index (χ1v) is 8.11. The van der Waals surface area contributed by atoms with Gasteiger partial charge in [-0.25, -0.2) is 12.7 Å². The first-order chi connectivity index (χ1) is 8.80. The van der Waals surface area contributed by atoms with Gasteiger partial charge in [0.1, 0.15) is 4.90 Å². The fourth-order valence-electron chi connectivity index (χ4n) is 1.53. The van der Waals surface area contributed by atoms with Crippen molar-refractivity contribution in [1.82, 2.24) is 9.62 Å².